The maximum atomic E-state index is 13.2. The lowest BCUT2D eigenvalue weighted by molar-refractivity contribution is -0.275. The van der Waals surface area contributed by atoms with E-state index in [4.69, 9.17) is 0 Å². The molecule has 0 aliphatic heterocycles. The van der Waals surface area contributed by atoms with Crippen LogP contribution in [0.25, 0.3) is 22.3 Å². The third-order valence-electron chi connectivity index (χ3n) is 4.00. The predicted molar refractivity (Wildman–Crippen MR) is 93.5 cm³/mol. The molecule has 0 saturated heterocycles. The Balaban J connectivity index is 2.29. The Bertz CT molecular complexity index is 1110. The number of hydrogen-bond acceptors (Lipinski definition) is 3. The topological polar surface area (TPSA) is 31.4 Å². The van der Waals surface area contributed by atoms with Gasteiger partial charge in [-0.1, -0.05) is 36.4 Å². The highest BCUT2D eigenvalue weighted by atomic mass is 19.4. The molecule has 2 aromatic carbocycles. The predicted octanol–water partition coefficient (Wildman–Crippen LogP) is 7.23. The van der Waals surface area contributed by atoms with Gasteiger partial charge in [-0.05, 0) is 23.8 Å². The van der Waals surface area contributed by atoms with Crippen molar-refractivity contribution in [2.24, 2.45) is 0 Å². The van der Waals surface area contributed by atoms with E-state index in [0.717, 1.165) is 30.3 Å². The van der Waals surface area contributed by atoms with Crippen LogP contribution in [0, 0.1) is 0 Å². The third-order valence-corrected chi connectivity index (χ3v) is 4.00. The van der Waals surface area contributed by atoms with Crippen LogP contribution >= 0.6 is 0 Å². The quantitative estimate of drug-likeness (QED) is 0.380. The van der Waals surface area contributed by atoms with Gasteiger partial charge in [0.1, 0.15) is 17.2 Å². The van der Waals surface area contributed by atoms with Gasteiger partial charge in [-0.15, -0.1) is 26.3 Å². The molecular weight excluding hydrogens is 457 g/mol. The number of pyridine rings is 1. The van der Waals surface area contributed by atoms with Crippen molar-refractivity contribution in [3.63, 3.8) is 0 Å². The molecular formula is C20H10F9NO2. The van der Waals surface area contributed by atoms with E-state index in [-0.39, 0.29) is 11.1 Å². The van der Waals surface area contributed by atoms with Gasteiger partial charge in [0.2, 0.25) is 0 Å². The minimum Gasteiger partial charge on any atom is -0.405 e. The van der Waals surface area contributed by atoms with E-state index < -0.39 is 47.2 Å². The number of aromatic nitrogens is 1. The molecule has 0 N–H and O–H groups in total. The largest absolute Gasteiger partial charge is 0.573 e. The summed E-state index contributed by atoms with van der Waals surface area (Å²) in [4.78, 5) is 3.23. The zero-order valence-corrected chi connectivity index (χ0v) is 15.4. The summed E-state index contributed by atoms with van der Waals surface area (Å²) in [6.45, 7) is 0. The van der Waals surface area contributed by atoms with E-state index in [1.165, 1.54) is 18.2 Å². The van der Waals surface area contributed by atoms with Crippen LogP contribution in [-0.2, 0) is 6.18 Å². The van der Waals surface area contributed by atoms with Crippen molar-refractivity contribution in [2.45, 2.75) is 18.9 Å². The second-order valence-electron chi connectivity index (χ2n) is 6.20. The second-order valence-corrected chi connectivity index (χ2v) is 6.20. The van der Waals surface area contributed by atoms with Gasteiger partial charge in [-0.3, -0.25) is 4.98 Å². The van der Waals surface area contributed by atoms with Crippen molar-refractivity contribution in [2.75, 3.05) is 0 Å². The minimum absolute atomic E-state index is 0.337. The summed E-state index contributed by atoms with van der Waals surface area (Å²) in [5.41, 5.74) is -3.09. The molecule has 1 heterocycles. The Labute approximate surface area is 174 Å². The molecule has 12 heteroatoms. The first-order valence-corrected chi connectivity index (χ1v) is 8.52. The molecule has 3 aromatic rings. The molecule has 32 heavy (non-hydrogen) atoms. The monoisotopic (exact) mass is 467 g/mol. The van der Waals surface area contributed by atoms with Gasteiger partial charge < -0.3 is 9.47 Å². The fraction of sp³-hybridized carbons (Fsp3) is 0.150. The Morgan fingerprint density at radius 3 is 1.44 bits per heavy atom. The van der Waals surface area contributed by atoms with Crippen LogP contribution in [0.1, 0.15) is 5.69 Å². The molecule has 170 valence electrons. The Hall–Kier alpha value is -3.44. The van der Waals surface area contributed by atoms with Crippen LogP contribution in [0.4, 0.5) is 39.5 Å². The van der Waals surface area contributed by atoms with E-state index in [1.807, 2.05) is 0 Å². The molecule has 0 fully saturated rings. The molecule has 0 bridgehead atoms. The average Bonchev–Trinajstić information content (AvgIpc) is 2.65. The smallest absolute Gasteiger partial charge is 0.405 e. The maximum Gasteiger partial charge on any atom is 0.573 e. The molecule has 0 saturated carbocycles. The SMILES string of the molecule is FC(F)(F)Oc1ccccc1-c1cnc(C(F)(F)F)cc1-c1ccccc1OC(F)(F)F. The number of benzene rings is 2. The van der Waals surface area contributed by atoms with Gasteiger partial charge in [0.25, 0.3) is 0 Å². The number of nitrogens with zero attached hydrogens (tertiary/aromatic N) is 1. The van der Waals surface area contributed by atoms with Gasteiger partial charge in [0.05, 0.1) is 0 Å². The number of rotatable bonds is 4. The standard InChI is InChI=1S/C20H10F9NO2/c21-18(22,23)17-9-13(11-5-1-3-7-15(11)31-19(24,25)26)14(10-30-17)12-6-2-4-8-16(12)32-20(27,28)29/h1-10H. The summed E-state index contributed by atoms with van der Waals surface area (Å²) < 4.78 is 124. The molecule has 0 radical (unpaired) electrons. The Morgan fingerprint density at radius 2 is 1.00 bits per heavy atom. The molecule has 0 aliphatic carbocycles. The Kier molecular flexibility index (Phi) is 5.98. The average molecular weight is 467 g/mol. The van der Waals surface area contributed by atoms with Crippen LogP contribution < -0.4 is 9.47 Å². The molecule has 0 amide bonds. The highest BCUT2D eigenvalue weighted by molar-refractivity contribution is 5.88. The van der Waals surface area contributed by atoms with Gasteiger partial charge >= 0.3 is 18.9 Å². The number of para-hydroxylation sites is 2. The number of ether oxygens (including phenoxy) is 2. The van der Waals surface area contributed by atoms with Crippen molar-refractivity contribution in [3.8, 4) is 33.8 Å². The fourth-order valence-corrected chi connectivity index (χ4v) is 2.85. The maximum absolute atomic E-state index is 13.2. The van der Waals surface area contributed by atoms with E-state index in [1.54, 1.807) is 0 Å². The van der Waals surface area contributed by atoms with Crippen LogP contribution in [0.15, 0.2) is 60.8 Å². The number of alkyl halides is 9. The lowest BCUT2D eigenvalue weighted by Gasteiger charge is -2.19. The van der Waals surface area contributed by atoms with E-state index >= 15 is 0 Å². The molecule has 0 spiro atoms. The highest BCUT2D eigenvalue weighted by Crippen LogP contribution is 2.44. The molecule has 0 unspecified atom stereocenters. The van der Waals surface area contributed by atoms with Crippen molar-refractivity contribution < 1.29 is 49.0 Å². The normalized spacial score (nSPS) is 12.5. The molecule has 3 rings (SSSR count). The van der Waals surface area contributed by atoms with Gasteiger partial charge in [0.15, 0.2) is 0 Å². The third kappa shape index (κ3) is 5.62. The van der Waals surface area contributed by atoms with Gasteiger partial charge in [-0.2, -0.15) is 13.2 Å². The first-order valence-electron chi connectivity index (χ1n) is 8.52. The molecule has 0 atom stereocenters. The van der Waals surface area contributed by atoms with E-state index in [9.17, 15) is 39.5 Å². The first-order chi connectivity index (χ1) is 14.7. The van der Waals surface area contributed by atoms with Crippen molar-refractivity contribution >= 4 is 0 Å². The zero-order valence-electron chi connectivity index (χ0n) is 15.4. The first kappa shape index (κ1) is 23.2. The van der Waals surface area contributed by atoms with Crippen molar-refractivity contribution in [3.05, 3.63) is 66.5 Å². The van der Waals surface area contributed by atoms with Gasteiger partial charge in [0, 0.05) is 22.9 Å². The van der Waals surface area contributed by atoms with Crippen LogP contribution in [-0.4, -0.2) is 17.7 Å². The van der Waals surface area contributed by atoms with E-state index in [0.29, 0.717) is 12.3 Å². The van der Waals surface area contributed by atoms with Crippen LogP contribution in [0.3, 0.4) is 0 Å². The summed E-state index contributed by atoms with van der Waals surface area (Å²) in [5.74, 6) is -1.63. The highest BCUT2D eigenvalue weighted by Gasteiger charge is 2.36. The van der Waals surface area contributed by atoms with Crippen LogP contribution in [0.5, 0.6) is 11.5 Å². The van der Waals surface area contributed by atoms with Crippen molar-refractivity contribution in [1.29, 1.82) is 0 Å². The molecule has 1 aromatic heterocycles. The fourth-order valence-electron chi connectivity index (χ4n) is 2.85. The zero-order chi connectivity index (χ0) is 23.7. The number of hydrogen-bond donors (Lipinski definition) is 0. The molecule has 0 aliphatic rings. The molecule has 3 nitrogen and oxygen atoms in total. The lowest BCUT2D eigenvalue weighted by Crippen LogP contribution is -2.18. The number of halogens is 9. The van der Waals surface area contributed by atoms with Crippen molar-refractivity contribution in [1.82, 2.24) is 4.98 Å². The Morgan fingerprint density at radius 1 is 0.562 bits per heavy atom. The van der Waals surface area contributed by atoms with Crippen LogP contribution in [0.2, 0.25) is 0 Å². The second kappa shape index (κ2) is 8.24. The summed E-state index contributed by atoms with van der Waals surface area (Å²) in [5, 5.41) is 0. The minimum atomic E-state index is -5.17. The summed E-state index contributed by atoms with van der Waals surface area (Å²) >= 11 is 0. The summed E-state index contributed by atoms with van der Waals surface area (Å²) in [6, 6.07) is 9.17. The lowest BCUT2D eigenvalue weighted by atomic mass is 9.94. The summed E-state index contributed by atoms with van der Waals surface area (Å²) in [7, 11) is 0. The van der Waals surface area contributed by atoms with E-state index in [2.05, 4.69) is 14.5 Å². The summed E-state index contributed by atoms with van der Waals surface area (Å²) in [6.07, 6.45) is -14.7. The van der Waals surface area contributed by atoms with Gasteiger partial charge in [-0.25, -0.2) is 0 Å².